The molecule has 1 aromatic rings. The Kier molecular flexibility index (Phi) is 6.98. The third-order valence-electron chi connectivity index (χ3n) is 2.87. The minimum atomic E-state index is -3.17. The standard InChI is InChI=1S/C14H24N2O3S/c1-4-16-20(17,18)11-10-15-12(3)13-8-6-7-9-14(13)19-5-2/h6-9,12,15-16H,4-5,10-11H2,1-3H3. The number of benzene rings is 1. The van der Waals surface area contributed by atoms with Crippen molar-refractivity contribution in [2.45, 2.75) is 26.8 Å². The van der Waals surface area contributed by atoms with E-state index in [1.54, 1.807) is 6.92 Å². The fraction of sp³-hybridized carbons (Fsp3) is 0.571. The van der Waals surface area contributed by atoms with Crippen LogP contribution in [-0.2, 0) is 10.0 Å². The summed E-state index contributed by atoms with van der Waals surface area (Å²) in [5.41, 5.74) is 1.04. The lowest BCUT2D eigenvalue weighted by Gasteiger charge is -2.18. The summed E-state index contributed by atoms with van der Waals surface area (Å²) >= 11 is 0. The lowest BCUT2D eigenvalue weighted by atomic mass is 10.1. The number of hydrogen-bond acceptors (Lipinski definition) is 4. The second-order valence-corrected chi connectivity index (χ2v) is 6.39. The van der Waals surface area contributed by atoms with E-state index in [0.29, 0.717) is 19.7 Å². The maximum atomic E-state index is 11.5. The number of sulfonamides is 1. The molecule has 20 heavy (non-hydrogen) atoms. The Morgan fingerprint density at radius 2 is 1.95 bits per heavy atom. The molecule has 1 unspecified atom stereocenters. The van der Waals surface area contributed by atoms with Gasteiger partial charge in [0.2, 0.25) is 10.0 Å². The molecule has 0 aromatic heterocycles. The molecule has 114 valence electrons. The van der Waals surface area contributed by atoms with Crippen LogP contribution >= 0.6 is 0 Å². The van der Waals surface area contributed by atoms with E-state index < -0.39 is 10.0 Å². The fourth-order valence-electron chi connectivity index (χ4n) is 1.94. The minimum absolute atomic E-state index is 0.0366. The van der Waals surface area contributed by atoms with E-state index in [-0.39, 0.29) is 11.8 Å². The summed E-state index contributed by atoms with van der Waals surface area (Å²) < 4.78 is 31.1. The van der Waals surface area contributed by atoms with Gasteiger partial charge in [-0.3, -0.25) is 0 Å². The van der Waals surface area contributed by atoms with E-state index in [2.05, 4.69) is 10.0 Å². The fourth-order valence-corrected chi connectivity index (χ4v) is 2.91. The topological polar surface area (TPSA) is 67.4 Å². The number of ether oxygens (including phenoxy) is 1. The summed E-state index contributed by atoms with van der Waals surface area (Å²) in [6, 6.07) is 7.82. The maximum absolute atomic E-state index is 11.5. The number of rotatable bonds is 9. The van der Waals surface area contributed by atoms with Gasteiger partial charge in [-0.2, -0.15) is 0 Å². The first kappa shape index (κ1) is 16.9. The molecule has 0 heterocycles. The first-order valence-electron chi connectivity index (χ1n) is 6.92. The van der Waals surface area contributed by atoms with Crippen LogP contribution in [0.15, 0.2) is 24.3 Å². The normalized spacial score (nSPS) is 13.2. The Morgan fingerprint density at radius 3 is 2.60 bits per heavy atom. The summed E-state index contributed by atoms with van der Waals surface area (Å²) in [6.07, 6.45) is 0. The highest BCUT2D eigenvalue weighted by atomic mass is 32.2. The zero-order chi connectivity index (χ0) is 15.0. The third kappa shape index (κ3) is 5.48. The van der Waals surface area contributed by atoms with Crippen LogP contribution in [0.1, 0.15) is 32.4 Å². The summed E-state index contributed by atoms with van der Waals surface area (Å²) in [7, 11) is -3.17. The van der Waals surface area contributed by atoms with Gasteiger partial charge in [-0.15, -0.1) is 0 Å². The van der Waals surface area contributed by atoms with E-state index in [0.717, 1.165) is 11.3 Å². The Labute approximate surface area is 121 Å². The van der Waals surface area contributed by atoms with Crippen molar-refractivity contribution in [2.24, 2.45) is 0 Å². The average molecular weight is 300 g/mol. The van der Waals surface area contributed by atoms with Crippen LogP contribution in [0, 0.1) is 0 Å². The number of para-hydroxylation sites is 1. The highest BCUT2D eigenvalue weighted by Crippen LogP contribution is 2.24. The summed E-state index contributed by atoms with van der Waals surface area (Å²) in [5, 5.41) is 3.21. The molecule has 1 atom stereocenters. The predicted octanol–water partition coefficient (Wildman–Crippen LogP) is 1.68. The first-order valence-corrected chi connectivity index (χ1v) is 8.57. The molecule has 0 spiro atoms. The molecule has 1 aromatic carbocycles. The quantitative estimate of drug-likeness (QED) is 0.728. The highest BCUT2D eigenvalue weighted by Gasteiger charge is 2.13. The number of hydrogen-bond donors (Lipinski definition) is 2. The van der Waals surface area contributed by atoms with Crippen LogP contribution in [0.5, 0.6) is 5.75 Å². The van der Waals surface area contributed by atoms with Crippen LogP contribution < -0.4 is 14.8 Å². The van der Waals surface area contributed by atoms with Crippen molar-refractivity contribution < 1.29 is 13.2 Å². The van der Waals surface area contributed by atoms with Crippen LogP contribution in [0.25, 0.3) is 0 Å². The molecule has 0 radical (unpaired) electrons. The molecule has 1 rings (SSSR count). The largest absolute Gasteiger partial charge is 0.494 e. The van der Waals surface area contributed by atoms with Crippen LogP contribution in [0.4, 0.5) is 0 Å². The van der Waals surface area contributed by atoms with Gasteiger partial charge in [-0.25, -0.2) is 13.1 Å². The zero-order valence-electron chi connectivity index (χ0n) is 12.3. The molecule has 0 saturated heterocycles. The molecule has 0 aliphatic rings. The van der Waals surface area contributed by atoms with Crippen molar-refractivity contribution in [1.29, 1.82) is 0 Å². The van der Waals surface area contributed by atoms with Crippen LogP contribution in [0.3, 0.4) is 0 Å². The molecule has 0 saturated carbocycles. The second kappa shape index (κ2) is 8.24. The van der Waals surface area contributed by atoms with Gasteiger partial charge in [0.15, 0.2) is 0 Å². The van der Waals surface area contributed by atoms with Gasteiger partial charge in [0.05, 0.1) is 12.4 Å². The van der Waals surface area contributed by atoms with Crippen LogP contribution in [0.2, 0.25) is 0 Å². The lowest BCUT2D eigenvalue weighted by molar-refractivity contribution is 0.332. The van der Waals surface area contributed by atoms with Crippen molar-refractivity contribution in [3.8, 4) is 5.75 Å². The van der Waals surface area contributed by atoms with Crippen molar-refractivity contribution in [3.05, 3.63) is 29.8 Å². The van der Waals surface area contributed by atoms with Crippen molar-refractivity contribution >= 4 is 10.0 Å². The molecule has 0 fully saturated rings. The smallest absolute Gasteiger partial charge is 0.212 e. The van der Waals surface area contributed by atoms with Gasteiger partial charge in [-0.05, 0) is 19.9 Å². The Hall–Kier alpha value is -1.11. The summed E-state index contributed by atoms with van der Waals surface area (Å²) in [6.45, 7) is 7.14. The van der Waals surface area contributed by atoms with Gasteiger partial charge in [0, 0.05) is 24.7 Å². The second-order valence-electron chi connectivity index (χ2n) is 4.46. The van der Waals surface area contributed by atoms with Gasteiger partial charge in [0.1, 0.15) is 5.75 Å². The summed E-state index contributed by atoms with van der Waals surface area (Å²) in [4.78, 5) is 0. The van der Waals surface area contributed by atoms with Crippen molar-refractivity contribution in [1.82, 2.24) is 10.0 Å². The van der Waals surface area contributed by atoms with Crippen molar-refractivity contribution in [3.63, 3.8) is 0 Å². The Bertz CT molecular complexity index is 503. The third-order valence-corrected chi connectivity index (χ3v) is 4.34. The monoisotopic (exact) mass is 300 g/mol. The molecule has 5 nitrogen and oxygen atoms in total. The van der Waals surface area contributed by atoms with Gasteiger partial charge >= 0.3 is 0 Å². The van der Waals surface area contributed by atoms with Gasteiger partial charge in [-0.1, -0.05) is 25.1 Å². The molecule has 2 N–H and O–H groups in total. The average Bonchev–Trinajstić information content (AvgIpc) is 2.39. The van der Waals surface area contributed by atoms with E-state index in [9.17, 15) is 8.42 Å². The molecule has 0 aliphatic heterocycles. The first-order chi connectivity index (χ1) is 9.50. The molecule has 6 heteroatoms. The SMILES string of the molecule is CCNS(=O)(=O)CCNC(C)c1ccccc1OCC. The number of nitrogens with one attached hydrogen (secondary N) is 2. The van der Waals surface area contributed by atoms with Gasteiger partial charge in [0.25, 0.3) is 0 Å². The molecule has 0 amide bonds. The lowest BCUT2D eigenvalue weighted by Crippen LogP contribution is -2.32. The van der Waals surface area contributed by atoms with Crippen LogP contribution in [-0.4, -0.2) is 33.9 Å². The molecule has 0 aliphatic carbocycles. The van der Waals surface area contributed by atoms with E-state index in [4.69, 9.17) is 4.74 Å². The summed E-state index contributed by atoms with van der Waals surface area (Å²) in [5.74, 6) is 0.909. The molecular weight excluding hydrogens is 276 g/mol. The van der Waals surface area contributed by atoms with Gasteiger partial charge < -0.3 is 10.1 Å². The van der Waals surface area contributed by atoms with E-state index in [1.165, 1.54) is 0 Å². The highest BCUT2D eigenvalue weighted by molar-refractivity contribution is 7.89. The Balaban J connectivity index is 2.57. The Morgan fingerprint density at radius 1 is 1.25 bits per heavy atom. The predicted molar refractivity (Wildman–Crippen MR) is 81.5 cm³/mol. The van der Waals surface area contributed by atoms with Crippen molar-refractivity contribution in [2.75, 3.05) is 25.4 Å². The zero-order valence-corrected chi connectivity index (χ0v) is 13.2. The maximum Gasteiger partial charge on any atom is 0.212 e. The van der Waals surface area contributed by atoms with E-state index in [1.807, 2.05) is 38.1 Å². The molecular formula is C14H24N2O3S. The molecule has 0 bridgehead atoms. The minimum Gasteiger partial charge on any atom is -0.494 e. The van der Waals surface area contributed by atoms with E-state index >= 15 is 0 Å².